The van der Waals surface area contributed by atoms with Gasteiger partial charge in [-0.25, -0.2) is 22.9 Å². The van der Waals surface area contributed by atoms with E-state index in [1.165, 1.54) is 38.4 Å². The number of nitrogens with zero attached hydrogens (tertiary/aromatic N) is 3. The van der Waals surface area contributed by atoms with Crippen molar-refractivity contribution in [2.24, 2.45) is 0 Å². The Labute approximate surface area is 270 Å². The fourth-order valence-electron chi connectivity index (χ4n) is 4.63. The van der Waals surface area contributed by atoms with Crippen molar-refractivity contribution >= 4 is 34.8 Å². The van der Waals surface area contributed by atoms with Crippen molar-refractivity contribution in [3.05, 3.63) is 76.4 Å². The Bertz CT molecular complexity index is 1690. The van der Waals surface area contributed by atoms with Gasteiger partial charge >= 0.3 is 12.2 Å². The van der Waals surface area contributed by atoms with E-state index in [4.69, 9.17) is 9.47 Å². The molecule has 1 N–H and O–H groups in total. The van der Waals surface area contributed by atoms with Crippen LogP contribution in [-0.4, -0.2) is 83.8 Å². The van der Waals surface area contributed by atoms with Crippen LogP contribution in [0.3, 0.4) is 0 Å². The van der Waals surface area contributed by atoms with Crippen molar-refractivity contribution in [1.29, 1.82) is 0 Å². The molecule has 12 nitrogen and oxygen atoms in total. The molecule has 14 heteroatoms. The van der Waals surface area contributed by atoms with Crippen LogP contribution in [0.2, 0.25) is 0 Å². The number of amides is 2. The van der Waals surface area contributed by atoms with Crippen molar-refractivity contribution in [2.45, 2.75) is 64.6 Å². The Balaban J connectivity index is 1.94. The summed E-state index contributed by atoms with van der Waals surface area (Å²) >= 11 is 0. The van der Waals surface area contributed by atoms with E-state index in [0.29, 0.717) is 11.1 Å². The number of para-hydroxylation sites is 1. The number of halogens is 2. The molecule has 2 heterocycles. The maximum Gasteiger partial charge on any atom is 0.419 e. The van der Waals surface area contributed by atoms with Crippen LogP contribution >= 0.6 is 0 Å². The van der Waals surface area contributed by atoms with E-state index in [-0.39, 0.29) is 48.5 Å². The van der Waals surface area contributed by atoms with Gasteiger partial charge in [0.2, 0.25) is 5.91 Å². The fourth-order valence-corrected chi connectivity index (χ4v) is 4.63. The number of hydrogen-bond acceptors (Lipinski definition) is 8. The van der Waals surface area contributed by atoms with Gasteiger partial charge in [-0.2, -0.15) is 0 Å². The molecule has 47 heavy (non-hydrogen) atoms. The van der Waals surface area contributed by atoms with Crippen LogP contribution < -0.4 is 15.6 Å². The summed E-state index contributed by atoms with van der Waals surface area (Å²) in [5, 5.41) is 2.98. The minimum atomic E-state index is -2.75. The minimum absolute atomic E-state index is 0.0386. The van der Waals surface area contributed by atoms with E-state index in [9.17, 15) is 32.8 Å². The van der Waals surface area contributed by atoms with Gasteiger partial charge in [-0.05, 0) is 57.9 Å². The van der Waals surface area contributed by atoms with Gasteiger partial charge in [0.15, 0.2) is 5.78 Å². The fraction of sp³-hybridized carbons (Fsp3) is 0.424. The first-order valence-corrected chi connectivity index (χ1v) is 14.8. The lowest BCUT2D eigenvalue weighted by Crippen LogP contribution is -2.42. The maximum absolute atomic E-state index is 13.6. The second-order valence-corrected chi connectivity index (χ2v) is 11.9. The topological polar surface area (TPSA) is 138 Å². The van der Waals surface area contributed by atoms with Crippen molar-refractivity contribution in [3.63, 3.8) is 0 Å². The van der Waals surface area contributed by atoms with Gasteiger partial charge in [0.1, 0.15) is 23.5 Å². The number of carbonyl (C=O) groups excluding carboxylic acids is 4. The standard InChI is InChI=1S/C33H40F2N4O8/c1-33(2,3)47-32(44)39-23(17-21-11-9-14-26(29(21)39)46-20-27(34)35)19-38-16-10-12-22(30(38)42)18-25(40)24(36-31(43)45-6)13-7-8-15-28(41)37(4)5/h8-12,14-17,24,27H,7,13,18-20H2,1-6H3,(H,36,43)/b15-8+/t24-/m0/s1. The highest BCUT2D eigenvalue weighted by atomic mass is 19.3. The molecule has 1 atom stereocenters. The Hall–Kier alpha value is -5.01. The number of aromatic nitrogens is 2. The Kier molecular flexibility index (Phi) is 12.4. The molecule has 2 aromatic heterocycles. The number of hydrogen-bond donors (Lipinski definition) is 1. The SMILES string of the molecule is COC(=O)N[C@@H](CC/C=C/C(=O)N(C)C)C(=O)Cc1cccn(Cc2cc3cccc(OCC(F)F)c3n2C(=O)OC(C)(C)C)c1=O. The van der Waals surface area contributed by atoms with Crippen LogP contribution in [0.1, 0.15) is 44.9 Å². The summed E-state index contributed by atoms with van der Waals surface area (Å²) in [5.74, 6) is -0.654. The molecule has 0 aliphatic carbocycles. The molecular weight excluding hydrogens is 618 g/mol. The van der Waals surface area contributed by atoms with Gasteiger partial charge in [0, 0.05) is 37.7 Å². The minimum Gasteiger partial charge on any atom is -0.485 e. The number of pyridine rings is 1. The van der Waals surface area contributed by atoms with Gasteiger partial charge in [0.25, 0.3) is 12.0 Å². The molecule has 0 saturated carbocycles. The molecule has 2 amide bonds. The number of rotatable bonds is 13. The van der Waals surface area contributed by atoms with E-state index in [2.05, 4.69) is 10.1 Å². The molecule has 0 aliphatic rings. The van der Waals surface area contributed by atoms with E-state index in [1.54, 1.807) is 65.2 Å². The summed E-state index contributed by atoms with van der Waals surface area (Å²) in [7, 11) is 4.36. The predicted octanol–water partition coefficient (Wildman–Crippen LogP) is 4.54. The predicted molar refractivity (Wildman–Crippen MR) is 170 cm³/mol. The van der Waals surface area contributed by atoms with Gasteiger partial charge in [0.05, 0.1) is 25.4 Å². The highest BCUT2D eigenvalue weighted by Gasteiger charge is 2.26. The van der Waals surface area contributed by atoms with Gasteiger partial charge in [-0.15, -0.1) is 0 Å². The zero-order chi connectivity index (χ0) is 34.9. The van der Waals surface area contributed by atoms with E-state index < -0.39 is 48.2 Å². The molecule has 1 aromatic carbocycles. The number of benzene rings is 1. The largest absolute Gasteiger partial charge is 0.485 e. The van der Waals surface area contributed by atoms with Crippen LogP contribution in [0.5, 0.6) is 5.75 Å². The number of alkyl carbamates (subject to hydrolysis) is 1. The van der Waals surface area contributed by atoms with Crippen molar-refractivity contribution in [1.82, 2.24) is 19.4 Å². The number of alkyl halides is 2. The first kappa shape index (κ1) is 36.5. The molecule has 0 spiro atoms. The zero-order valence-corrected chi connectivity index (χ0v) is 27.2. The number of likely N-dealkylation sites (N-methyl/N-ethyl adjacent to an activating group) is 1. The Morgan fingerprint density at radius 1 is 1.09 bits per heavy atom. The number of Topliss-reactive ketones (excluding diaryl/α,β-unsaturated/α-hetero) is 1. The molecule has 0 fully saturated rings. The summed E-state index contributed by atoms with van der Waals surface area (Å²) in [6.45, 7) is 4.00. The van der Waals surface area contributed by atoms with Crippen LogP contribution in [-0.2, 0) is 32.0 Å². The zero-order valence-electron chi connectivity index (χ0n) is 27.2. The maximum atomic E-state index is 13.6. The normalized spacial score (nSPS) is 12.3. The highest BCUT2D eigenvalue weighted by molar-refractivity contribution is 5.95. The number of ketones is 1. The smallest absolute Gasteiger partial charge is 0.419 e. The van der Waals surface area contributed by atoms with Crippen LogP contribution in [0.15, 0.2) is 59.5 Å². The van der Waals surface area contributed by atoms with E-state index >= 15 is 0 Å². The van der Waals surface area contributed by atoms with Gasteiger partial charge < -0.3 is 29.0 Å². The molecule has 0 bridgehead atoms. The molecule has 0 radical (unpaired) electrons. The highest BCUT2D eigenvalue weighted by Crippen LogP contribution is 2.31. The number of nitrogens with one attached hydrogen (secondary N) is 1. The first-order chi connectivity index (χ1) is 22.1. The number of ether oxygens (including phenoxy) is 3. The average Bonchev–Trinajstić information content (AvgIpc) is 3.37. The van der Waals surface area contributed by atoms with Crippen molar-refractivity contribution < 1.29 is 42.2 Å². The number of methoxy groups -OCH3 is 1. The molecular formula is C33H40F2N4O8. The Morgan fingerprint density at radius 3 is 2.45 bits per heavy atom. The first-order valence-electron chi connectivity index (χ1n) is 14.8. The Morgan fingerprint density at radius 2 is 1.81 bits per heavy atom. The lowest BCUT2D eigenvalue weighted by molar-refractivity contribution is -0.123. The third-order valence-corrected chi connectivity index (χ3v) is 6.79. The van der Waals surface area contributed by atoms with Crippen LogP contribution in [0, 0.1) is 0 Å². The summed E-state index contributed by atoms with van der Waals surface area (Å²) < 4.78 is 44.1. The third kappa shape index (κ3) is 10.2. The molecule has 254 valence electrons. The van der Waals surface area contributed by atoms with Crippen molar-refractivity contribution in [3.8, 4) is 5.75 Å². The van der Waals surface area contributed by atoms with Crippen LogP contribution in [0.4, 0.5) is 18.4 Å². The second-order valence-electron chi connectivity index (χ2n) is 11.9. The number of carbonyl (C=O) groups is 4. The summed E-state index contributed by atoms with van der Waals surface area (Å²) in [6.07, 6.45) is 0.181. The lowest BCUT2D eigenvalue weighted by Gasteiger charge is -2.21. The quantitative estimate of drug-likeness (QED) is 0.264. The molecule has 3 aromatic rings. The molecule has 0 aliphatic heterocycles. The second kappa shape index (κ2) is 16.0. The third-order valence-electron chi connectivity index (χ3n) is 6.79. The van der Waals surface area contributed by atoms with Gasteiger partial charge in [-0.1, -0.05) is 24.3 Å². The van der Waals surface area contributed by atoms with Crippen molar-refractivity contribution in [2.75, 3.05) is 27.8 Å². The van der Waals surface area contributed by atoms with E-state index in [1.807, 2.05) is 0 Å². The molecule has 0 saturated heterocycles. The monoisotopic (exact) mass is 658 g/mol. The molecule has 3 rings (SSSR count). The summed E-state index contributed by atoms with van der Waals surface area (Å²) in [6, 6.07) is 8.41. The van der Waals surface area contributed by atoms with Gasteiger partial charge in [-0.3, -0.25) is 14.4 Å². The average molecular weight is 659 g/mol. The summed E-state index contributed by atoms with van der Waals surface area (Å²) in [5.41, 5.74) is -0.780. The van der Waals surface area contributed by atoms with E-state index in [0.717, 1.165) is 7.11 Å². The summed E-state index contributed by atoms with van der Waals surface area (Å²) in [4.78, 5) is 65.5. The lowest BCUT2D eigenvalue weighted by atomic mass is 10.0. The number of allylic oxidation sites excluding steroid dienone is 1. The van der Waals surface area contributed by atoms with Crippen LogP contribution in [0.25, 0.3) is 10.9 Å². The molecule has 0 unspecified atom stereocenters. The number of fused-ring (bicyclic) bond motifs is 1.